The van der Waals surface area contributed by atoms with Gasteiger partial charge in [0.2, 0.25) is 0 Å². The smallest absolute Gasteiger partial charge is 0.128 e. The van der Waals surface area contributed by atoms with E-state index in [4.69, 9.17) is 16.6 Å². The Labute approximate surface area is 130 Å². The second-order valence-electron chi connectivity index (χ2n) is 5.09. The standard InChI is InChI=1S/C16H19ClN4/c1-2-15-19-11-14(21-9-7-18-8-10-21)16(20-15)12-5-3-4-6-13(12)17/h3-6,11,18H,2,7-10H2,1H3. The number of piperazine rings is 1. The van der Waals surface area contributed by atoms with Crippen LogP contribution in [0.15, 0.2) is 30.5 Å². The van der Waals surface area contributed by atoms with Crippen molar-refractivity contribution in [3.05, 3.63) is 41.3 Å². The molecular weight excluding hydrogens is 284 g/mol. The van der Waals surface area contributed by atoms with Crippen molar-refractivity contribution in [3.63, 3.8) is 0 Å². The van der Waals surface area contributed by atoms with Crippen molar-refractivity contribution in [1.29, 1.82) is 0 Å². The number of nitrogens with zero attached hydrogens (tertiary/aromatic N) is 3. The van der Waals surface area contributed by atoms with Crippen LogP contribution in [0.1, 0.15) is 12.7 Å². The van der Waals surface area contributed by atoms with E-state index in [9.17, 15) is 0 Å². The lowest BCUT2D eigenvalue weighted by Gasteiger charge is -2.30. The molecule has 110 valence electrons. The van der Waals surface area contributed by atoms with Crippen LogP contribution in [0.3, 0.4) is 0 Å². The van der Waals surface area contributed by atoms with E-state index < -0.39 is 0 Å². The van der Waals surface area contributed by atoms with Crippen LogP contribution < -0.4 is 10.2 Å². The van der Waals surface area contributed by atoms with E-state index in [-0.39, 0.29) is 0 Å². The Hall–Kier alpha value is -1.65. The molecule has 0 saturated carbocycles. The average Bonchev–Trinajstić information content (AvgIpc) is 2.55. The average molecular weight is 303 g/mol. The van der Waals surface area contributed by atoms with Gasteiger partial charge in [0.15, 0.2) is 0 Å². The maximum absolute atomic E-state index is 6.37. The highest BCUT2D eigenvalue weighted by Crippen LogP contribution is 2.33. The highest BCUT2D eigenvalue weighted by atomic mass is 35.5. The monoisotopic (exact) mass is 302 g/mol. The number of rotatable bonds is 3. The molecule has 1 aromatic heterocycles. The fourth-order valence-corrected chi connectivity index (χ4v) is 2.80. The summed E-state index contributed by atoms with van der Waals surface area (Å²) in [6, 6.07) is 7.87. The minimum absolute atomic E-state index is 0.731. The van der Waals surface area contributed by atoms with Crippen LogP contribution in [0.25, 0.3) is 11.3 Å². The van der Waals surface area contributed by atoms with Gasteiger partial charge < -0.3 is 10.2 Å². The molecule has 0 bridgehead atoms. The second-order valence-corrected chi connectivity index (χ2v) is 5.50. The molecule has 0 radical (unpaired) electrons. The number of nitrogens with one attached hydrogen (secondary N) is 1. The molecule has 1 fully saturated rings. The van der Waals surface area contributed by atoms with Gasteiger partial charge in [0, 0.05) is 38.2 Å². The van der Waals surface area contributed by atoms with Gasteiger partial charge in [-0.2, -0.15) is 0 Å². The lowest BCUT2D eigenvalue weighted by atomic mass is 10.1. The van der Waals surface area contributed by atoms with Crippen LogP contribution in [-0.2, 0) is 6.42 Å². The number of benzene rings is 1. The molecule has 21 heavy (non-hydrogen) atoms. The van der Waals surface area contributed by atoms with Crippen LogP contribution in [0.2, 0.25) is 5.02 Å². The Morgan fingerprint density at radius 3 is 2.71 bits per heavy atom. The van der Waals surface area contributed by atoms with Gasteiger partial charge in [-0.1, -0.05) is 36.7 Å². The molecule has 1 N–H and O–H groups in total. The highest BCUT2D eigenvalue weighted by Gasteiger charge is 2.18. The van der Waals surface area contributed by atoms with Crippen LogP contribution >= 0.6 is 11.6 Å². The van der Waals surface area contributed by atoms with Gasteiger partial charge in [-0.25, -0.2) is 9.97 Å². The van der Waals surface area contributed by atoms with Crippen molar-refractivity contribution in [3.8, 4) is 11.3 Å². The van der Waals surface area contributed by atoms with Crippen molar-refractivity contribution < 1.29 is 0 Å². The Kier molecular flexibility index (Phi) is 4.36. The van der Waals surface area contributed by atoms with Crippen LogP contribution in [-0.4, -0.2) is 36.1 Å². The number of aromatic nitrogens is 2. The molecular formula is C16H19ClN4. The Balaban J connectivity index is 2.09. The SMILES string of the molecule is CCc1ncc(N2CCNCC2)c(-c2ccccc2Cl)n1. The van der Waals surface area contributed by atoms with Gasteiger partial charge in [0.05, 0.1) is 22.6 Å². The third-order valence-corrected chi connectivity index (χ3v) is 4.05. The second kappa shape index (κ2) is 6.41. The summed E-state index contributed by atoms with van der Waals surface area (Å²) in [5, 5.41) is 4.10. The minimum atomic E-state index is 0.731. The predicted molar refractivity (Wildman–Crippen MR) is 86.9 cm³/mol. The summed E-state index contributed by atoms with van der Waals surface area (Å²) in [5.41, 5.74) is 2.99. The molecule has 1 aliphatic heterocycles. The van der Waals surface area contributed by atoms with E-state index >= 15 is 0 Å². The molecule has 2 aromatic rings. The topological polar surface area (TPSA) is 41.1 Å². The molecule has 0 atom stereocenters. The largest absolute Gasteiger partial charge is 0.366 e. The molecule has 0 amide bonds. The molecule has 0 spiro atoms. The first-order chi connectivity index (χ1) is 10.3. The number of hydrogen-bond donors (Lipinski definition) is 1. The molecule has 1 aromatic carbocycles. The number of aryl methyl sites for hydroxylation is 1. The maximum Gasteiger partial charge on any atom is 0.128 e. The van der Waals surface area contributed by atoms with Crippen molar-refractivity contribution in [2.75, 3.05) is 31.1 Å². The molecule has 0 aliphatic carbocycles. The molecule has 0 unspecified atom stereocenters. The molecule has 4 nitrogen and oxygen atoms in total. The van der Waals surface area contributed by atoms with Crippen molar-refractivity contribution in [2.45, 2.75) is 13.3 Å². The summed E-state index contributed by atoms with van der Waals surface area (Å²) in [7, 11) is 0. The van der Waals surface area contributed by atoms with E-state index in [0.717, 1.165) is 60.4 Å². The Morgan fingerprint density at radius 2 is 2.00 bits per heavy atom. The van der Waals surface area contributed by atoms with Crippen molar-refractivity contribution in [1.82, 2.24) is 15.3 Å². The first kappa shape index (κ1) is 14.3. The quantitative estimate of drug-likeness (QED) is 0.946. The molecule has 5 heteroatoms. The summed E-state index contributed by atoms with van der Waals surface area (Å²) in [6.07, 6.45) is 2.76. The van der Waals surface area contributed by atoms with E-state index in [1.165, 1.54) is 0 Å². The van der Waals surface area contributed by atoms with Gasteiger partial charge >= 0.3 is 0 Å². The molecule has 1 saturated heterocycles. The Bertz CT molecular complexity index is 623. The highest BCUT2D eigenvalue weighted by molar-refractivity contribution is 6.33. The number of anilines is 1. The fourth-order valence-electron chi connectivity index (χ4n) is 2.57. The van der Waals surface area contributed by atoms with Crippen LogP contribution in [0, 0.1) is 0 Å². The summed E-state index contributed by atoms with van der Waals surface area (Å²) in [4.78, 5) is 11.5. The zero-order valence-electron chi connectivity index (χ0n) is 12.1. The summed E-state index contributed by atoms with van der Waals surface area (Å²) in [6.45, 7) is 5.96. The van der Waals surface area contributed by atoms with Crippen molar-refractivity contribution >= 4 is 17.3 Å². The zero-order chi connectivity index (χ0) is 14.7. The maximum atomic E-state index is 6.37. The van der Waals surface area contributed by atoms with E-state index in [0.29, 0.717) is 0 Å². The lowest BCUT2D eigenvalue weighted by Crippen LogP contribution is -2.43. The summed E-state index contributed by atoms with van der Waals surface area (Å²) >= 11 is 6.37. The van der Waals surface area contributed by atoms with Crippen LogP contribution in [0.4, 0.5) is 5.69 Å². The fraction of sp³-hybridized carbons (Fsp3) is 0.375. The number of halogens is 1. The van der Waals surface area contributed by atoms with Gasteiger partial charge in [-0.05, 0) is 6.07 Å². The van der Waals surface area contributed by atoms with E-state index in [1.807, 2.05) is 30.5 Å². The normalized spacial score (nSPS) is 15.2. The van der Waals surface area contributed by atoms with Crippen molar-refractivity contribution in [2.24, 2.45) is 0 Å². The van der Waals surface area contributed by atoms with E-state index in [2.05, 4.69) is 22.1 Å². The predicted octanol–water partition coefficient (Wildman–Crippen LogP) is 2.77. The first-order valence-corrected chi connectivity index (χ1v) is 7.74. The Morgan fingerprint density at radius 1 is 1.24 bits per heavy atom. The first-order valence-electron chi connectivity index (χ1n) is 7.36. The summed E-state index contributed by atoms with van der Waals surface area (Å²) < 4.78 is 0. The van der Waals surface area contributed by atoms with Crippen LogP contribution in [0.5, 0.6) is 0 Å². The van der Waals surface area contributed by atoms with Gasteiger partial charge in [0.25, 0.3) is 0 Å². The molecule has 1 aliphatic rings. The van der Waals surface area contributed by atoms with Gasteiger partial charge in [-0.15, -0.1) is 0 Å². The number of hydrogen-bond acceptors (Lipinski definition) is 4. The lowest BCUT2D eigenvalue weighted by molar-refractivity contribution is 0.588. The molecule has 3 rings (SSSR count). The third kappa shape index (κ3) is 3.01. The minimum Gasteiger partial charge on any atom is -0.366 e. The van der Waals surface area contributed by atoms with E-state index in [1.54, 1.807) is 0 Å². The third-order valence-electron chi connectivity index (χ3n) is 3.72. The van der Waals surface area contributed by atoms with Gasteiger partial charge in [-0.3, -0.25) is 0 Å². The van der Waals surface area contributed by atoms with Gasteiger partial charge in [0.1, 0.15) is 5.82 Å². The molecule has 2 heterocycles. The zero-order valence-corrected chi connectivity index (χ0v) is 12.9. The summed E-state index contributed by atoms with van der Waals surface area (Å²) in [5.74, 6) is 0.851.